The highest BCUT2D eigenvalue weighted by atomic mass is 16.5. The van der Waals surface area contributed by atoms with Crippen LogP contribution in [0.5, 0.6) is 11.5 Å². The van der Waals surface area contributed by atoms with Gasteiger partial charge in [0, 0.05) is 17.3 Å². The van der Waals surface area contributed by atoms with Crippen molar-refractivity contribution in [2.45, 2.75) is 13.8 Å². The van der Waals surface area contributed by atoms with Crippen LogP contribution < -0.4 is 15.0 Å². The number of hydrogen-bond donors (Lipinski definition) is 2. The molecule has 8 heteroatoms. The molecule has 0 aliphatic heterocycles. The number of pyridine rings is 1. The molecule has 0 unspecified atom stereocenters. The van der Waals surface area contributed by atoms with Crippen molar-refractivity contribution in [2.24, 2.45) is 0 Å². The summed E-state index contributed by atoms with van der Waals surface area (Å²) < 4.78 is 11.1. The van der Waals surface area contributed by atoms with Gasteiger partial charge in [0.2, 0.25) is 0 Å². The SMILES string of the molecule is CCOc1cc(OCC)cc(-c2ccc(-c3nnn[nH]3)c(=O)[nH]2)c1. The first kappa shape index (κ1) is 15.7. The summed E-state index contributed by atoms with van der Waals surface area (Å²) in [6.07, 6.45) is 0. The summed E-state index contributed by atoms with van der Waals surface area (Å²) in [5.41, 5.74) is 1.53. The second kappa shape index (κ2) is 6.95. The van der Waals surface area contributed by atoms with Crippen molar-refractivity contribution < 1.29 is 9.47 Å². The number of nitrogens with one attached hydrogen (secondary N) is 2. The lowest BCUT2D eigenvalue weighted by Crippen LogP contribution is -2.10. The van der Waals surface area contributed by atoms with E-state index in [4.69, 9.17) is 9.47 Å². The molecule has 0 aliphatic carbocycles. The Hall–Kier alpha value is -3.16. The molecule has 1 aromatic carbocycles. The van der Waals surface area contributed by atoms with E-state index in [0.717, 1.165) is 5.56 Å². The zero-order chi connectivity index (χ0) is 16.9. The van der Waals surface area contributed by atoms with Crippen LogP contribution in [0.4, 0.5) is 0 Å². The Bertz CT molecular complexity index is 849. The molecule has 8 nitrogen and oxygen atoms in total. The van der Waals surface area contributed by atoms with E-state index < -0.39 is 0 Å². The van der Waals surface area contributed by atoms with E-state index in [0.29, 0.717) is 41.8 Å². The molecule has 24 heavy (non-hydrogen) atoms. The van der Waals surface area contributed by atoms with Crippen molar-refractivity contribution in [1.82, 2.24) is 25.6 Å². The predicted molar refractivity (Wildman–Crippen MR) is 88.0 cm³/mol. The highest BCUT2D eigenvalue weighted by Crippen LogP contribution is 2.29. The molecule has 0 atom stereocenters. The molecule has 3 rings (SSSR count). The normalized spacial score (nSPS) is 10.6. The Kier molecular flexibility index (Phi) is 4.55. The minimum atomic E-state index is -0.286. The third-order valence-corrected chi connectivity index (χ3v) is 3.32. The van der Waals surface area contributed by atoms with Gasteiger partial charge >= 0.3 is 0 Å². The average molecular weight is 327 g/mol. The maximum atomic E-state index is 12.3. The van der Waals surface area contributed by atoms with Crippen LogP contribution >= 0.6 is 0 Å². The fourth-order valence-corrected chi connectivity index (χ4v) is 2.33. The van der Waals surface area contributed by atoms with Crippen LogP contribution in [-0.4, -0.2) is 38.8 Å². The van der Waals surface area contributed by atoms with Crippen molar-refractivity contribution in [2.75, 3.05) is 13.2 Å². The van der Waals surface area contributed by atoms with Crippen molar-refractivity contribution >= 4 is 0 Å². The van der Waals surface area contributed by atoms with E-state index >= 15 is 0 Å². The van der Waals surface area contributed by atoms with Crippen molar-refractivity contribution in [3.63, 3.8) is 0 Å². The summed E-state index contributed by atoms with van der Waals surface area (Å²) in [7, 11) is 0. The van der Waals surface area contributed by atoms with Gasteiger partial charge in [-0.25, -0.2) is 5.10 Å². The predicted octanol–water partition coefficient (Wildman–Crippen LogP) is 2.02. The Morgan fingerprint density at radius 2 is 1.75 bits per heavy atom. The van der Waals surface area contributed by atoms with E-state index in [1.165, 1.54) is 0 Å². The van der Waals surface area contributed by atoms with Crippen LogP contribution in [0.3, 0.4) is 0 Å². The second-order valence-electron chi connectivity index (χ2n) is 4.92. The molecule has 0 aliphatic rings. The van der Waals surface area contributed by atoms with E-state index in [-0.39, 0.29) is 5.56 Å². The topological polar surface area (TPSA) is 106 Å². The Morgan fingerprint density at radius 1 is 1.04 bits per heavy atom. The van der Waals surface area contributed by atoms with Gasteiger partial charge in [-0.1, -0.05) is 0 Å². The smallest absolute Gasteiger partial charge is 0.259 e. The van der Waals surface area contributed by atoms with Crippen molar-refractivity contribution in [3.8, 4) is 34.1 Å². The minimum Gasteiger partial charge on any atom is -0.494 e. The summed E-state index contributed by atoms with van der Waals surface area (Å²) >= 11 is 0. The summed E-state index contributed by atoms with van der Waals surface area (Å²) in [6.45, 7) is 4.91. The maximum Gasteiger partial charge on any atom is 0.259 e. The van der Waals surface area contributed by atoms with Crippen LogP contribution in [-0.2, 0) is 0 Å². The highest BCUT2D eigenvalue weighted by molar-refractivity contribution is 5.66. The number of ether oxygens (including phenoxy) is 2. The van der Waals surface area contributed by atoms with Gasteiger partial charge in [-0.3, -0.25) is 4.79 Å². The van der Waals surface area contributed by atoms with Crippen LogP contribution in [0.2, 0.25) is 0 Å². The Labute approximate surface area is 137 Å². The molecule has 2 N–H and O–H groups in total. The van der Waals surface area contributed by atoms with Gasteiger partial charge < -0.3 is 14.5 Å². The van der Waals surface area contributed by atoms with E-state index in [2.05, 4.69) is 25.6 Å². The number of nitrogens with zero attached hydrogens (tertiary/aromatic N) is 3. The lowest BCUT2D eigenvalue weighted by atomic mass is 10.1. The van der Waals surface area contributed by atoms with Crippen molar-refractivity contribution in [3.05, 3.63) is 40.7 Å². The molecule has 0 amide bonds. The third-order valence-electron chi connectivity index (χ3n) is 3.32. The second-order valence-corrected chi connectivity index (χ2v) is 4.92. The number of benzene rings is 1. The van der Waals surface area contributed by atoms with E-state index in [1.54, 1.807) is 12.1 Å². The first-order chi connectivity index (χ1) is 11.7. The molecule has 0 saturated heterocycles. The summed E-state index contributed by atoms with van der Waals surface area (Å²) in [5.74, 6) is 1.69. The summed E-state index contributed by atoms with van der Waals surface area (Å²) in [5, 5.41) is 13.3. The van der Waals surface area contributed by atoms with Crippen LogP contribution in [0, 0.1) is 0 Å². The lowest BCUT2D eigenvalue weighted by molar-refractivity contribution is 0.323. The largest absolute Gasteiger partial charge is 0.494 e. The fraction of sp³-hybridized carbons (Fsp3) is 0.250. The van der Waals surface area contributed by atoms with Gasteiger partial charge in [0.1, 0.15) is 11.5 Å². The molecule has 0 saturated carbocycles. The van der Waals surface area contributed by atoms with Crippen LogP contribution in [0.15, 0.2) is 35.1 Å². The third kappa shape index (κ3) is 3.27. The first-order valence-corrected chi connectivity index (χ1v) is 7.59. The molecule has 2 heterocycles. The van der Waals surface area contributed by atoms with Gasteiger partial charge in [0.25, 0.3) is 5.56 Å². The number of tetrazole rings is 1. The van der Waals surface area contributed by atoms with E-state index in [9.17, 15) is 4.79 Å². The number of H-pyrrole nitrogens is 2. The van der Waals surface area contributed by atoms with Crippen molar-refractivity contribution in [1.29, 1.82) is 0 Å². The molecule has 0 radical (unpaired) electrons. The quantitative estimate of drug-likeness (QED) is 0.717. The summed E-state index contributed by atoms with van der Waals surface area (Å²) in [4.78, 5) is 15.1. The van der Waals surface area contributed by atoms with Gasteiger partial charge in [-0.15, -0.1) is 5.10 Å². The monoisotopic (exact) mass is 327 g/mol. The molecule has 124 valence electrons. The number of hydrogen-bond acceptors (Lipinski definition) is 6. The molecule has 0 spiro atoms. The van der Waals surface area contributed by atoms with Crippen LogP contribution in [0.25, 0.3) is 22.6 Å². The Balaban J connectivity index is 2.02. The minimum absolute atomic E-state index is 0.286. The number of rotatable bonds is 6. The number of aromatic nitrogens is 5. The van der Waals surface area contributed by atoms with Gasteiger partial charge in [0.05, 0.1) is 18.8 Å². The fourth-order valence-electron chi connectivity index (χ4n) is 2.33. The Morgan fingerprint density at radius 3 is 2.29 bits per heavy atom. The average Bonchev–Trinajstić information content (AvgIpc) is 3.09. The molecule has 0 bridgehead atoms. The maximum absolute atomic E-state index is 12.3. The van der Waals surface area contributed by atoms with Gasteiger partial charge in [-0.2, -0.15) is 0 Å². The molecular weight excluding hydrogens is 310 g/mol. The summed E-state index contributed by atoms with van der Waals surface area (Å²) in [6, 6.07) is 8.99. The lowest BCUT2D eigenvalue weighted by Gasteiger charge is -2.11. The standard InChI is InChI=1S/C16H17N5O3/c1-3-23-11-7-10(8-12(9-11)24-4-2)14-6-5-13(16(22)17-14)15-18-20-21-19-15/h5-9H,3-4H2,1-2H3,(H,17,22)(H,18,19,20,21). The van der Waals surface area contributed by atoms with Gasteiger partial charge in [0.15, 0.2) is 5.82 Å². The molecule has 0 fully saturated rings. The molecule has 2 aromatic heterocycles. The zero-order valence-corrected chi connectivity index (χ0v) is 13.4. The molecule has 3 aromatic rings. The number of aromatic amines is 2. The highest BCUT2D eigenvalue weighted by Gasteiger charge is 2.10. The van der Waals surface area contributed by atoms with Crippen LogP contribution in [0.1, 0.15) is 13.8 Å². The van der Waals surface area contributed by atoms with E-state index in [1.807, 2.05) is 32.0 Å². The van der Waals surface area contributed by atoms with Gasteiger partial charge in [-0.05, 0) is 48.5 Å². The molecular formula is C16H17N5O3. The zero-order valence-electron chi connectivity index (χ0n) is 13.4. The first-order valence-electron chi connectivity index (χ1n) is 7.59.